The number of aromatic nitrogens is 2. The van der Waals surface area contributed by atoms with Crippen LogP contribution in [0.15, 0.2) is 30.5 Å². The molecule has 0 aliphatic heterocycles. The maximum absolute atomic E-state index is 14.8. The number of carbonyl (C=O) groups excluding carboxylic acids is 1. The minimum atomic E-state index is -0.827. The molecule has 2 aromatic rings. The number of unbranched alkanes of at least 4 members (excludes halogenated alkanes) is 7. The maximum atomic E-state index is 14.8. The molecule has 1 aliphatic rings. The van der Waals surface area contributed by atoms with E-state index in [0.29, 0.717) is 23.8 Å². The summed E-state index contributed by atoms with van der Waals surface area (Å²) >= 11 is 0. The second-order valence-electron chi connectivity index (χ2n) is 10.1. The van der Waals surface area contributed by atoms with Crippen molar-refractivity contribution in [3.63, 3.8) is 0 Å². The summed E-state index contributed by atoms with van der Waals surface area (Å²) in [5.41, 5.74) is 0.627. The van der Waals surface area contributed by atoms with Crippen LogP contribution in [0, 0.1) is 17.8 Å². The number of esters is 1. The highest BCUT2D eigenvalue weighted by atomic mass is 19.1. The van der Waals surface area contributed by atoms with Crippen LogP contribution in [0.25, 0.3) is 11.4 Å². The Morgan fingerprint density at radius 1 is 0.917 bits per heavy atom. The zero-order valence-electron chi connectivity index (χ0n) is 22.1. The van der Waals surface area contributed by atoms with Gasteiger partial charge in [0.1, 0.15) is 5.75 Å². The van der Waals surface area contributed by atoms with Gasteiger partial charge in [-0.15, -0.1) is 0 Å². The number of benzene rings is 1. The molecule has 36 heavy (non-hydrogen) atoms. The van der Waals surface area contributed by atoms with Crippen LogP contribution in [0.4, 0.5) is 4.39 Å². The first kappa shape index (κ1) is 28.1. The Morgan fingerprint density at radius 3 is 2.36 bits per heavy atom. The van der Waals surface area contributed by atoms with Crippen molar-refractivity contribution in [2.24, 2.45) is 11.8 Å². The number of hydrogen-bond acceptors (Lipinski definition) is 5. The summed E-state index contributed by atoms with van der Waals surface area (Å²) < 4.78 is 26.2. The molecule has 0 amide bonds. The number of ether oxygens (including phenoxy) is 2. The lowest BCUT2D eigenvalue weighted by molar-refractivity contribution is -0.140. The van der Waals surface area contributed by atoms with E-state index < -0.39 is 5.95 Å². The first-order chi connectivity index (χ1) is 17.6. The third-order valence-corrected chi connectivity index (χ3v) is 7.20. The minimum Gasteiger partial charge on any atom is -0.493 e. The van der Waals surface area contributed by atoms with Crippen LogP contribution < -0.4 is 9.47 Å². The highest BCUT2D eigenvalue weighted by Crippen LogP contribution is 2.34. The monoisotopic (exact) mass is 498 g/mol. The zero-order chi connectivity index (χ0) is 25.6. The number of rotatable bonds is 15. The molecule has 1 heterocycles. The third-order valence-electron chi connectivity index (χ3n) is 7.20. The highest BCUT2D eigenvalue weighted by molar-refractivity contribution is 5.75. The molecule has 3 rings (SSSR count). The van der Waals surface area contributed by atoms with Gasteiger partial charge in [0.15, 0.2) is 5.82 Å². The molecule has 1 aliphatic carbocycles. The van der Waals surface area contributed by atoms with Gasteiger partial charge in [0, 0.05) is 0 Å². The quantitative estimate of drug-likeness (QED) is 0.140. The standard InChI is InChI=1S/C30H43FN2O3/c1-3-5-7-8-9-13-21-35-26-16-12-11-15-25(26)29-32-22-27(28(31)33-29)36-30(34)24-19-17-23(18-20-24)14-10-6-4-2/h11-12,15-16,22-24H,3-10,13-14,17-21H2,1-2H3/t23-,24-. The predicted octanol–water partition coefficient (Wildman–Crippen LogP) is 8.31. The van der Waals surface area contributed by atoms with Gasteiger partial charge in [-0.25, -0.2) is 4.98 Å². The van der Waals surface area contributed by atoms with E-state index in [2.05, 4.69) is 23.8 Å². The molecule has 6 heteroatoms. The van der Waals surface area contributed by atoms with Gasteiger partial charge < -0.3 is 9.47 Å². The second-order valence-corrected chi connectivity index (χ2v) is 10.1. The van der Waals surface area contributed by atoms with Gasteiger partial charge in [-0.3, -0.25) is 4.79 Å². The summed E-state index contributed by atoms with van der Waals surface area (Å²) in [7, 11) is 0. The average Bonchev–Trinajstić information content (AvgIpc) is 2.90. The van der Waals surface area contributed by atoms with Crippen molar-refractivity contribution in [3.05, 3.63) is 36.4 Å². The Balaban J connectivity index is 1.52. The molecule has 5 nitrogen and oxygen atoms in total. The number of hydrogen-bond donors (Lipinski definition) is 0. The molecule has 1 aromatic carbocycles. The summed E-state index contributed by atoms with van der Waals surface area (Å²) in [6.45, 7) is 5.02. The molecule has 198 valence electrons. The van der Waals surface area contributed by atoms with Gasteiger partial charge in [-0.05, 0) is 50.2 Å². The van der Waals surface area contributed by atoms with Crippen LogP contribution in [-0.4, -0.2) is 22.5 Å². The Hall–Kier alpha value is -2.50. The maximum Gasteiger partial charge on any atom is 0.314 e. The van der Waals surface area contributed by atoms with E-state index in [1.165, 1.54) is 57.6 Å². The summed E-state index contributed by atoms with van der Waals surface area (Å²) in [4.78, 5) is 21.0. The molecule has 1 saturated carbocycles. The van der Waals surface area contributed by atoms with E-state index in [4.69, 9.17) is 9.47 Å². The highest BCUT2D eigenvalue weighted by Gasteiger charge is 2.28. The van der Waals surface area contributed by atoms with Crippen molar-refractivity contribution < 1.29 is 18.7 Å². The van der Waals surface area contributed by atoms with Crippen molar-refractivity contribution in [1.29, 1.82) is 0 Å². The molecule has 1 fully saturated rings. The van der Waals surface area contributed by atoms with Crippen LogP contribution >= 0.6 is 0 Å². The molecular weight excluding hydrogens is 455 g/mol. The lowest BCUT2D eigenvalue weighted by atomic mass is 9.80. The van der Waals surface area contributed by atoms with Crippen LogP contribution in [0.2, 0.25) is 0 Å². The number of para-hydroxylation sites is 1. The van der Waals surface area contributed by atoms with E-state index >= 15 is 0 Å². The Labute approximate surface area is 216 Å². The normalized spacial score (nSPS) is 17.6. The van der Waals surface area contributed by atoms with Crippen molar-refractivity contribution >= 4 is 5.97 Å². The lowest BCUT2D eigenvalue weighted by Gasteiger charge is -2.27. The SMILES string of the molecule is CCCCCCCCOc1ccccc1-c1ncc(OC(=O)[C@H]2CC[C@H](CCCCC)CC2)c(F)n1. The van der Waals surface area contributed by atoms with Gasteiger partial charge in [-0.1, -0.05) is 83.8 Å². The van der Waals surface area contributed by atoms with Crippen LogP contribution in [0.1, 0.15) is 104 Å². The molecule has 0 bridgehead atoms. The number of halogens is 1. The third kappa shape index (κ3) is 8.86. The van der Waals surface area contributed by atoms with Gasteiger partial charge in [-0.2, -0.15) is 9.37 Å². The molecule has 0 radical (unpaired) electrons. The van der Waals surface area contributed by atoms with Crippen molar-refractivity contribution in [2.75, 3.05) is 6.61 Å². The first-order valence-electron chi connectivity index (χ1n) is 14.1. The van der Waals surface area contributed by atoms with E-state index in [1.807, 2.05) is 24.3 Å². The molecule has 0 atom stereocenters. The smallest absolute Gasteiger partial charge is 0.314 e. The van der Waals surface area contributed by atoms with Gasteiger partial charge in [0.25, 0.3) is 5.95 Å². The summed E-state index contributed by atoms with van der Waals surface area (Å²) in [5.74, 6) is -0.0400. The lowest BCUT2D eigenvalue weighted by Crippen LogP contribution is -2.26. The summed E-state index contributed by atoms with van der Waals surface area (Å²) in [6.07, 6.45) is 17.0. The molecule has 0 N–H and O–H groups in total. The van der Waals surface area contributed by atoms with Crippen molar-refractivity contribution in [2.45, 2.75) is 104 Å². The minimum absolute atomic E-state index is 0.178. The van der Waals surface area contributed by atoms with Crippen LogP contribution in [-0.2, 0) is 4.79 Å². The van der Waals surface area contributed by atoms with Crippen LogP contribution in [0.5, 0.6) is 11.5 Å². The zero-order valence-corrected chi connectivity index (χ0v) is 22.1. The molecule has 0 spiro atoms. The summed E-state index contributed by atoms with van der Waals surface area (Å²) in [5, 5.41) is 0. The summed E-state index contributed by atoms with van der Waals surface area (Å²) in [6, 6.07) is 7.39. The van der Waals surface area contributed by atoms with Gasteiger partial charge in [0.2, 0.25) is 5.75 Å². The van der Waals surface area contributed by atoms with Crippen molar-refractivity contribution in [3.8, 4) is 22.9 Å². The number of carbonyl (C=O) groups is 1. The first-order valence-corrected chi connectivity index (χ1v) is 14.1. The van der Waals surface area contributed by atoms with E-state index in [1.54, 1.807) is 0 Å². The van der Waals surface area contributed by atoms with E-state index in [0.717, 1.165) is 38.5 Å². The molecular formula is C30H43FN2O3. The van der Waals surface area contributed by atoms with Gasteiger partial charge >= 0.3 is 5.97 Å². The Kier molecular flexibility index (Phi) is 12.1. The van der Waals surface area contributed by atoms with Crippen molar-refractivity contribution in [1.82, 2.24) is 9.97 Å². The van der Waals surface area contributed by atoms with Crippen LogP contribution in [0.3, 0.4) is 0 Å². The van der Waals surface area contributed by atoms with E-state index in [9.17, 15) is 9.18 Å². The average molecular weight is 499 g/mol. The topological polar surface area (TPSA) is 61.3 Å². The fourth-order valence-corrected chi connectivity index (χ4v) is 4.95. The number of nitrogens with zero attached hydrogens (tertiary/aromatic N) is 2. The Bertz CT molecular complexity index is 928. The predicted molar refractivity (Wildman–Crippen MR) is 142 cm³/mol. The van der Waals surface area contributed by atoms with E-state index in [-0.39, 0.29) is 23.5 Å². The van der Waals surface area contributed by atoms with Gasteiger partial charge in [0.05, 0.1) is 24.3 Å². The second kappa shape index (κ2) is 15.6. The Morgan fingerprint density at radius 2 is 1.61 bits per heavy atom. The molecule has 0 saturated heterocycles. The molecule has 0 unspecified atom stereocenters. The molecule has 1 aromatic heterocycles. The fourth-order valence-electron chi connectivity index (χ4n) is 4.95. The largest absolute Gasteiger partial charge is 0.493 e. The fraction of sp³-hybridized carbons (Fsp3) is 0.633.